The molecule has 1 heterocycles. The van der Waals surface area contributed by atoms with Gasteiger partial charge < -0.3 is 4.74 Å². The number of methoxy groups -OCH3 is 1. The van der Waals surface area contributed by atoms with E-state index in [1.807, 2.05) is 6.07 Å². The standard InChI is InChI=1S/C13H12N4O3S/c1-9-7-12(20-2)16-13(15-9)17-21(18,19)11-6-4-3-5-10(11)8-14/h3-7H,1-2H3,(H,15,16,17). The zero-order chi connectivity index (χ0) is 15.5. The van der Waals surface area contributed by atoms with E-state index in [-0.39, 0.29) is 22.3 Å². The third kappa shape index (κ3) is 3.27. The lowest BCUT2D eigenvalue weighted by molar-refractivity contribution is 0.397. The van der Waals surface area contributed by atoms with Gasteiger partial charge in [-0.2, -0.15) is 10.2 Å². The highest BCUT2D eigenvalue weighted by Gasteiger charge is 2.20. The molecule has 0 aliphatic carbocycles. The fraction of sp³-hybridized carbons (Fsp3) is 0.154. The molecule has 2 aromatic rings. The number of ether oxygens (including phenoxy) is 1. The van der Waals surface area contributed by atoms with E-state index in [2.05, 4.69) is 14.7 Å². The molecule has 0 amide bonds. The molecule has 108 valence electrons. The maximum Gasteiger partial charge on any atom is 0.265 e. The summed E-state index contributed by atoms with van der Waals surface area (Å²) < 4.78 is 31.8. The van der Waals surface area contributed by atoms with Crippen LogP contribution in [0.2, 0.25) is 0 Å². The number of anilines is 1. The molecule has 0 saturated carbocycles. The third-order valence-corrected chi connectivity index (χ3v) is 3.95. The maximum atomic E-state index is 12.3. The van der Waals surface area contributed by atoms with Crippen molar-refractivity contribution in [2.75, 3.05) is 11.8 Å². The zero-order valence-electron chi connectivity index (χ0n) is 11.4. The number of aromatic nitrogens is 2. The molecule has 0 saturated heterocycles. The molecule has 1 N–H and O–H groups in total. The number of aryl methyl sites for hydroxylation is 1. The molecule has 21 heavy (non-hydrogen) atoms. The Balaban J connectivity index is 2.43. The molecule has 0 unspecified atom stereocenters. The molecule has 0 bridgehead atoms. The summed E-state index contributed by atoms with van der Waals surface area (Å²) in [4.78, 5) is 7.77. The Labute approximate surface area is 122 Å². The quantitative estimate of drug-likeness (QED) is 0.917. The van der Waals surface area contributed by atoms with E-state index in [4.69, 9.17) is 10.00 Å². The van der Waals surface area contributed by atoms with Crippen LogP contribution in [-0.4, -0.2) is 25.5 Å². The second-order valence-electron chi connectivity index (χ2n) is 4.09. The summed E-state index contributed by atoms with van der Waals surface area (Å²) in [6.07, 6.45) is 0. The van der Waals surface area contributed by atoms with E-state index in [1.165, 1.54) is 25.3 Å². The molecule has 7 nitrogen and oxygen atoms in total. The molecule has 1 aromatic heterocycles. The van der Waals surface area contributed by atoms with Crippen LogP contribution in [0.4, 0.5) is 5.95 Å². The predicted molar refractivity (Wildman–Crippen MR) is 75.3 cm³/mol. The fourth-order valence-electron chi connectivity index (χ4n) is 1.66. The minimum Gasteiger partial charge on any atom is -0.481 e. The van der Waals surface area contributed by atoms with Gasteiger partial charge in [0.15, 0.2) is 0 Å². The minimum absolute atomic E-state index is 0.0459. The van der Waals surface area contributed by atoms with Gasteiger partial charge in [0.05, 0.1) is 12.7 Å². The average Bonchev–Trinajstić information content (AvgIpc) is 2.46. The summed E-state index contributed by atoms with van der Waals surface area (Å²) in [7, 11) is -2.53. The van der Waals surface area contributed by atoms with E-state index in [9.17, 15) is 8.42 Å². The molecule has 0 fully saturated rings. The van der Waals surface area contributed by atoms with Gasteiger partial charge in [-0.25, -0.2) is 18.1 Å². The lowest BCUT2D eigenvalue weighted by Crippen LogP contribution is -2.16. The van der Waals surface area contributed by atoms with Crippen LogP contribution in [0, 0.1) is 18.3 Å². The molecular formula is C13H12N4O3S. The van der Waals surface area contributed by atoms with Crippen molar-refractivity contribution < 1.29 is 13.2 Å². The lowest BCUT2D eigenvalue weighted by Gasteiger charge is -2.09. The van der Waals surface area contributed by atoms with Gasteiger partial charge >= 0.3 is 0 Å². The summed E-state index contributed by atoms with van der Waals surface area (Å²) in [5.74, 6) is 0.133. The summed E-state index contributed by atoms with van der Waals surface area (Å²) in [5, 5.41) is 8.98. The molecule has 1 aromatic carbocycles. The van der Waals surface area contributed by atoms with Gasteiger partial charge in [-0.3, -0.25) is 0 Å². The molecule has 0 aliphatic heterocycles. The number of hydrogen-bond donors (Lipinski definition) is 1. The number of hydrogen-bond acceptors (Lipinski definition) is 6. The van der Waals surface area contributed by atoms with Gasteiger partial charge in [-0.1, -0.05) is 12.1 Å². The Morgan fingerprint density at radius 3 is 2.67 bits per heavy atom. The van der Waals surface area contributed by atoms with Crippen LogP contribution < -0.4 is 9.46 Å². The lowest BCUT2D eigenvalue weighted by atomic mass is 10.2. The number of benzene rings is 1. The molecule has 0 aliphatic rings. The van der Waals surface area contributed by atoms with Gasteiger partial charge in [0.1, 0.15) is 11.0 Å². The highest BCUT2D eigenvalue weighted by Crippen LogP contribution is 2.19. The minimum atomic E-state index is -3.95. The van der Waals surface area contributed by atoms with E-state index in [1.54, 1.807) is 19.1 Å². The van der Waals surface area contributed by atoms with Crippen molar-refractivity contribution in [3.05, 3.63) is 41.6 Å². The Bertz CT molecular complexity index is 812. The van der Waals surface area contributed by atoms with Gasteiger partial charge in [-0.05, 0) is 19.1 Å². The van der Waals surface area contributed by atoms with Crippen molar-refractivity contribution in [2.45, 2.75) is 11.8 Å². The van der Waals surface area contributed by atoms with Crippen LogP contribution in [0.15, 0.2) is 35.2 Å². The smallest absolute Gasteiger partial charge is 0.265 e. The summed E-state index contributed by atoms with van der Waals surface area (Å²) in [6.45, 7) is 1.69. The second kappa shape index (κ2) is 5.76. The Kier molecular flexibility index (Phi) is 4.05. The van der Waals surface area contributed by atoms with E-state index in [0.717, 1.165) is 0 Å². The largest absolute Gasteiger partial charge is 0.481 e. The fourth-order valence-corrected chi connectivity index (χ4v) is 2.76. The molecule has 8 heteroatoms. The van der Waals surface area contributed by atoms with Crippen LogP contribution in [0.5, 0.6) is 5.88 Å². The van der Waals surface area contributed by atoms with Crippen molar-refractivity contribution in [1.29, 1.82) is 5.26 Å². The van der Waals surface area contributed by atoms with Crippen LogP contribution in [-0.2, 0) is 10.0 Å². The van der Waals surface area contributed by atoms with Crippen molar-refractivity contribution in [3.8, 4) is 11.9 Å². The number of nitriles is 1. The van der Waals surface area contributed by atoms with Crippen molar-refractivity contribution in [1.82, 2.24) is 9.97 Å². The molecule has 0 atom stereocenters. The van der Waals surface area contributed by atoms with Gasteiger partial charge in [0, 0.05) is 11.8 Å². The van der Waals surface area contributed by atoms with Crippen molar-refractivity contribution >= 4 is 16.0 Å². The van der Waals surface area contributed by atoms with E-state index < -0.39 is 10.0 Å². The van der Waals surface area contributed by atoms with E-state index >= 15 is 0 Å². The number of nitrogens with one attached hydrogen (secondary N) is 1. The van der Waals surface area contributed by atoms with E-state index in [0.29, 0.717) is 5.69 Å². The van der Waals surface area contributed by atoms with Crippen molar-refractivity contribution in [2.24, 2.45) is 0 Å². The highest BCUT2D eigenvalue weighted by molar-refractivity contribution is 7.92. The summed E-state index contributed by atoms with van der Waals surface area (Å²) >= 11 is 0. The Hall–Kier alpha value is -2.66. The van der Waals surface area contributed by atoms with Crippen LogP contribution in [0.1, 0.15) is 11.3 Å². The molecular weight excluding hydrogens is 292 g/mol. The normalized spacial score (nSPS) is 10.7. The average molecular weight is 304 g/mol. The first-order valence-electron chi connectivity index (χ1n) is 5.88. The molecule has 0 radical (unpaired) electrons. The summed E-state index contributed by atoms with van der Waals surface area (Å²) in [6, 6.07) is 9.29. The topological polar surface area (TPSA) is 105 Å². The van der Waals surface area contributed by atoms with Crippen LogP contribution in [0.25, 0.3) is 0 Å². The monoisotopic (exact) mass is 304 g/mol. The van der Waals surface area contributed by atoms with Crippen LogP contribution >= 0.6 is 0 Å². The van der Waals surface area contributed by atoms with Gasteiger partial charge in [-0.15, -0.1) is 0 Å². The van der Waals surface area contributed by atoms with Crippen LogP contribution in [0.3, 0.4) is 0 Å². The molecule has 2 rings (SSSR count). The maximum absolute atomic E-state index is 12.3. The predicted octanol–water partition coefficient (Wildman–Crippen LogP) is 1.47. The number of sulfonamides is 1. The first kappa shape index (κ1) is 14.7. The third-order valence-electron chi connectivity index (χ3n) is 2.56. The number of nitrogens with zero attached hydrogens (tertiary/aromatic N) is 3. The first-order valence-corrected chi connectivity index (χ1v) is 7.36. The Morgan fingerprint density at radius 2 is 2.00 bits per heavy atom. The van der Waals surface area contributed by atoms with Gasteiger partial charge in [0.25, 0.3) is 10.0 Å². The number of rotatable bonds is 4. The Morgan fingerprint density at radius 1 is 1.29 bits per heavy atom. The molecule has 0 spiro atoms. The van der Waals surface area contributed by atoms with Gasteiger partial charge in [0.2, 0.25) is 11.8 Å². The second-order valence-corrected chi connectivity index (χ2v) is 5.74. The SMILES string of the molecule is COc1cc(C)nc(NS(=O)(=O)c2ccccc2C#N)n1. The first-order chi connectivity index (χ1) is 9.96. The highest BCUT2D eigenvalue weighted by atomic mass is 32.2. The zero-order valence-corrected chi connectivity index (χ0v) is 12.2. The summed E-state index contributed by atoms with van der Waals surface area (Å²) in [5.41, 5.74) is 0.595. The van der Waals surface area contributed by atoms with Crippen molar-refractivity contribution in [3.63, 3.8) is 0 Å².